The summed E-state index contributed by atoms with van der Waals surface area (Å²) in [5.74, 6) is -0.527. The Kier molecular flexibility index (Phi) is 5.54. The van der Waals surface area contributed by atoms with Gasteiger partial charge in [0, 0.05) is 11.4 Å². The lowest BCUT2D eigenvalue weighted by atomic mass is 9.90. The number of nitrogens with one attached hydrogen (secondary N) is 2. The molecule has 2 rings (SSSR count). The Balaban J connectivity index is 1.85. The number of hydrogen-bond acceptors (Lipinski definition) is 5. The zero-order chi connectivity index (χ0) is 16.1. The van der Waals surface area contributed by atoms with E-state index in [9.17, 15) is 14.4 Å². The minimum Gasteiger partial charge on any atom is -0.451 e. The summed E-state index contributed by atoms with van der Waals surface area (Å²) in [5.41, 5.74) is 1.21. The molecule has 0 aromatic carbocycles. The molecule has 0 bridgehead atoms. The Bertz CT molecular complexity index is 582. The van der Waals surface area contributed by atoms with Crippen LogP contribution in [0.3, 0.4) is 0 Å². The van der Waals surface area contributed by atoms with Crippen molar-refractivity contribution in [2.45, 2.75) is 33.1 Å². The molecule has 2 N–H and O–H groups in total. The Morgan fingerprint density at radius 3 is 2.91 bits per heavy atom. The number of urea groups is 1. The van der Waals surface area contributed by atoms with Gasteiger partial charge in [-0.2, -0.15) is 0 Å². The van der Waals surface area contributed by atoms with E-state index in [0.29, 0.717) is 17.3 Å². The van der Waals surface area contributed by atoms with Crippen molar-refractivity contribution in [3.05, 3.63) is 21.4 Å². The quantitative estimate of drug-likeness (QED) is 0.828. The van der Waals surface area contributed by atoms with Crippen LogP contribution in [0.15, 0.2) is 6.07 Å². The van der Waals surface area contributed by atoms with Crippen molar-refractivity contribution in [3.8, 4) is 0 Å². The maximum absolute atomic E-state index is 12.0. The van der Waals surface area contributed by atoms with E-state index >= 15 is 0 Å². The van der Waals surface area contributed by atoms with Gasteiger partial charge < -0.3 is 10.1 Å². The fourth-order valence-corrected chi connectivity index (χ4v) is 3.48. The summed E-state index contributed by atoms with van der Waals surface area (Å²) in [6.45, 7) is 3.89. The van der Waals surface area contributed by atoms with E-state index in [-0.39, 0.29) is 0 Å². The molecule has 0 unspecified atom stereocenters. The highest BCUT2D eigenvalue weighted by atomic mass is 32.1. The van der Waals surface area contributed by atoms with E-state index in [1.54, 1.807) is 6.92 Å². The first kappa shape index (κ1) is 16.5. The van der Waals surface area contributed by atoms with Crippen LogP contribution >= 0.6 is 11.3 Å². The third-order valence-corrected chi connectivity index (χ3v) is 4.67. The lowest BCUT2D eigenvalue weighted by Crippen LogP contribution is -2.41. The SMILES string of the molecule is CCNC(=O)NC(=O)COC(=O)c1cc2c(s1)CC[C@@H](C)C2. The summed E-state index contributed by atoms with van der Waals surface area (Å²) < 4.78 is 4.95. The molecule has 3 amide bonds. The van der Waals surface area contributed by atoms with Crippen LogP contribution in [0, 0.1) is 5.92 Å². The van der Waals surface area contributed by atoms with Gasteiger partial charge in [0.1, 0.15) is 4.88 Å². The first-order chi connectivity index (χ1) is 10.5. The Labute approximate surface area is 133 Å². The van der Waals surface area contributed by atoms with Crippen LogP contribution in [0.1, 0.15) is 40.4 Å². The van der Waals surface area contributed by atoms with E-state index in [4.69, 9.17) is 4.74 Å². The smallest absolute Gasteiger partial charge is 0.348 e. The minimum absolute atomic E-state index is 0.415. The Hall–Kier alpha value is -1.89. The fourth-order valence-electron chi connectivity index (χ4n) is 2.38. The molecular formula is C15H20N2O4S. The highest BCUT2D eigenvalue weighted by Gasteiger charge is 2.21. The monoisotopic (exact) mass is 324 g/mol. The zero-order valence-electron chi connectivity index (χ0n) is 12.7. The molecule has 0 fully saturated rings. The van der Waals surface area contributed by atoms with E-state index in [2.05, 4.69) is 17.6 Å². The summed E-state index contributed by atoms with van der Waals surface area (Å²) in [5, 5.41) is 4.50. The van der Waals surface area contributed by atoms with Crippen molar-refractivity contribution < 1.29 is 19.1 Å². The molecule has 1 atom stereocenters. The van der Waals surface area contributed by atoms with Gasteiger partial charge in [0.15, 0.2) is 6.61 Å². The average Bonchev–Trinajstić information content (AvgIpc) is 2.88. The Morgan fingerprint density at radius 1 is 1.41 bits per heavy atom. The summed E-state index contributed by atoms with van der Waals surface area (Å²) in [6, 6.07) is 1.27. The molecule has 1 aliphatic carbocycles. The van der Waals surface area contributed by atoms with E-state index in [1.807, 2.05) is 6.07 Å². The molecule has 7 heteroatoms. The number of esters is 1. The number of thiophene rings is 1. The second-order valence-electron chi connectivity index (χ2n) is 5.39. The number of aryl methyl sites for hydroxylation is 1. The first-order valence-electron chi connectivity index (χ1n) is 7.36. The highest BCUT2D eigenvalue weighted by molar-refractivity contribution is 7.14. The van der Waals surface area contributed by atoms with Crippen LogP contribution in [0.5, 0.6) is 0 Å². The van der Waals surface area contributed by atoms with Gasteiger partial charge in [0.2, 0.25) is 0 Å². The second-order valence-corrected chi connectivity index (χ2v) is 6.53. The van der Waals surface area contributed by atoms with Crippen molar-refractivity contribution >= 4 is 29.2 Å². The van der Waals surface area contributed by atoms with Crippen molar-refractivity contribution in [2.24, 2.45) is 5.92 Å². The molecule has 22 heavy (non-hydrogen) atoms. The predicted octanol–water partition coefficient (Wildman–Crippen LogP) is 1.88. The van der Waals surface area contributed by atoms with Crippen molar-refractivity contribution in [2.75, 3.05) is 13.2 Å². The van der Waals surface area contributed by atoms with Crippen molar-refractivity contribution in [1.82, 2.24) is 10.6 Å². The number of hydrogen-bond donors (Lipinski definition) is 2. The van der Waals surface area contributed by atoms with Gasteiger partial charge in [0.25, 0.3) is 5.91 Å². The topological polar surface area (TPSA) is 84.5 Å². The maximum Gasteiger partial charge on any atom is 0.348 e. The molecule has 0 saturated heterocycles. The van der Waals surface area contributed by atoms with Crippen LogP contribution in [-0.4, -0.2) is 31.1 Å². The minimum atomic E-state index is -0.644. The van der Waals surface area contributed by atoms with Gasteiger partial charge in [0.05, 0.1) is 0 Å². The molecule has 0 spiro atoms. The van der Waals surface area contributed by atoms with E-state index in [0.717, 1.165) is 19.3 Å². The van der Waals surface area contributed by atoms with Gasteiger partial charge in [-0.25, -0.2) is 9.59 Å². The summed E-state index contributed by atoms with van der Waals surface area (Å²) in [4.78, 5) is 36.3. The number of carbonyl (C=O) groups excluding carboxylic acids is 3. The number of ether oxygens (including phenoxy) is 1. The van der Waals surface area contributed by atoms with Crippen molar-refractivity contribution in [3.63, 3.8) is 0 Å². The molecule has 120 valence electrons. The molecule has 1 aliphatic rings. The molecule has 1 aromatic heterocycles. The number of amides is 3. The maximum atomic E-state index is 12.0. The fraction of sp³-hybridized carbons (Fsp3) is 0.533. The molecule has 0 aliphatic heterocycles. The van der Waals surface area contributed by atoms with Gasteiger partial charge in [-0.15, -0.1) is 11.3 Å². The molecule has 6 nitrogen and oxygen atoms in total. The van der Waals surface area contributed by atoms with Crippen LogP contribution in [-0.2, 0) is 22.4 Å². The van der Waals surface area contributed by atoms with Crippen LogP contribution < -0.4 is 10.6 Å². The normalized spacial score (nSPS) is 16.5. The average molecular weight is 324 g/mol. The zero-order valence-corrected chi connectivity index (χ0v) is 13.5. The predicted molar refractivity (Wildman–Crippen MR) is 83.0 cm³/mol. The number of carbonyl (C=O) groups is 3. The largest absolute Gasteiger partial charge is 0.451 e. The summed E-state index contributed by atoms with van der Waals surface area (Å²) >= 11 is 1.43. The second kappa shape index (κ2) is 7.40. The first-order valence-corrected chi connectivity index (χ1v) is 8.17. The lowest BCUT2D eigenvalue weighted by Gasteiger charge is -2.16. The van der Waals surface area contributed by atoms with E-state index < -0.39 is 24.5 Å². The third kappa shape index (κ3) is 4.30. The third-order valence-electron chi connectivity index (χ3n) is 3.46. The van der Waals surface area contributed by atoms with Crippen LogP contribution in [0.4, 0.5) is 4.79 Å². The van der Waals surface area contributed by atoms with Gasteiger partial charge in [-0.05, 0) is 43.7 Å². The molecule has 1 aromatic rings. The van der Waals surface area contributed by atoms with Gasteiger partial charge in [-0.1, -0.05) is 6.92 Å². The number of fused-ring (bicyclic) bond motifs is 1. The Morgan fingerprint density at radius 2 is 2.18 bits per heavy atom. The van der Waals surface area contributed by atoms with E-state index in [1.165, 1.54) is 21.8 Å². The van der Waals surface area contributed by atoms with Crippen LogP contribution in [0.2, 0.25) is 0 Å². The summed E-state index contributed by atoms with van der Waals surface area (Å²) in [7, 11) is 0. The number of imide groups is 1. The van der Waals surface area contributed by atoms with Crippen LogP contribution in [0.25, 0.3) is 0 Å². The summed E-state index contributed by atoms with van der Waals surface area (Å²) in [6.07, 6.45) is 3.11. The standard InChI is InChI=1S/C15H20N2O4S/c1-3-16-15(20)17-13(18)8-21-14(19)12-7-10-6-9(2)4-5-11(10)22-12/h7,9H,3-6,8H2,1-2H3,(H2,16,17,18,20)/t9-/m1/s1. The molecule has 1 heterocycles. The number of rotatable bonds is 4. The van der Waals surface area contributed by atoms with Gasteiger partial charge in [-0.3, -0.25) is 10.1 Å². The molecule has 0 saturated carbocycles. The van der Waals surface area contributed by atoms with Crippen molar-refractivity contribution in [1.29, 1.82) is 0 Å². The highest BCUT2D eigenvalue weighted by Crippen LogP contribution is 2.32. The van der Waals surface area contributed by atoms with Gasteiger partial charge >= 0.3 is 12.0 Å². The lowest BCUT2D eigenvalue weighted by molar-refractivity contribution is -0.123. The molecular weight excluding hydrogens is 304 g/mol. The molecule has 0 radical (unpaired) electrons.